The highest BCUT2D eigenvalue weighted by Crippen LogP contribution is 2.30. The number of hydrogen-bond acceptors (Lipinski definition) is 1. The van der Waals surface area contributed by atoms with Crippen molar-refractivity contribution in [3.8, 4) is 0 Å². The SMILES string of the molecule is CCC(N)C(C)c1ccc(C(F)(F)F)cc1. The van der Waals surface area contributed by atoms with E-state index in [4.69, 9.17) is 5.73 Å². The van der Waals surface area contributed by atoms with Crippen molar-refractivity contribution in [2.45, 2.75) is 38.4 Å². The largest absolute Gasteiger partial charge is 0.416 e. The summed E-state index contributed by atoms with van der Waals surface area (Å²) in [6.45, 7) is 3.89. The molecule has 0 aliphatic carbocycles. The minimum Gasteiger partial charge on any atom is -0.327 e. The number of hydrogen-bond donors (Lipinski definition) is 1. The highest BCUT2D eigenvalue weighted by Gasteiger charge is 2.30. The molecule has 0 heterocycles. The first-order chi connectivity index (χ1) is 7.36. The van der Waals surface area contributed by atoms with Crippen LogP contribution >= 0.6 is 0 Å². The molecule has 2 N–H and O–H groups in total. The van der Waals surface area contributed by atoms with Gasteiger partial charge in [0.15, 0.2) is 0 Å². The minimum absolute atomic E-state index is 0.0169. The number of halogens is 3. The molecule has 0 amide bonds. The van der Waals surface area contributed by atoms with Crippen LogP contribution in [0.2, 0.25) is 0 Å². The van der Waals surface area contributed by atoms with Gasteiger partial charge in [-0.3, -0.25) is 0 Å². The lowest BCUT2D eigenvalue weighted by Gasteiger charge is -2.19. The van der Waals surface area contributed by atoms with Gasteiger partial charge in [0.05, 0.1) is 5.56 Å². The summed E-state index contributed by atoms with van der Waals surface area (Å²) < 4.78 is 37.0. The van der Waals surface area contributed by atoms with E-state index in [0.717, 1.165) is 24.1 Å². The van der Waals surface area contributed by atoms with Crippen LogP contribution in [-0.4, -0.2) is 6.04 Å². The van der Waals surface area contributed by atoms with Crippen LogP contribution in [0.5, 0.6) is 0 Å². The molecule has 1 aromatic carbocycles. The fourth-order valence-electron chi connectivity index (χ4n) is 1.58. The second-order valence-corrected chi connectivity index (χ2v) is 3.98. The first-order valence-electron chi connectivity index (χ1n) is 5.29. The van der Waals surface area contributed by atoms with Gasteiger partial charge in [-0.2, -0.15) is 13.2 Å². The fraction of sp³-hybridized carbons (Fsp3) is 0.500. The van der Waals surface area contributed by atoms with Crippen LogP contribution in [0, 0.1) is 0 Å². The first kappa shape index (κ1) is 13.0. The van der Waals surface area contributed by atoms with E-state index in [-0.39, 0.29) is 12.0 Å². The quantitative estimate of drug-likeness (QED) is 0.845. The third-order valence-electron chi connectivity index (χ3n) is 2.88. The Bertz CT molecular complexity index is 329. The molecule has 90 valence electrons. The molecule has 0 bridgehead atoms. The van der Waals surface area contributed by atoms with Crippen LogP contribution in [0.4, 0.5) is 13.2 Å². The summed E-state index contributed by atoms with van der Waals surface area (Å²) >= 11 is 0. The molecule has 0 spiro atoms. The van der Waals surface area contributed by atoms with Crippen LogP contribution in [0.1, 0.15) is 37.3 Å². The Labute approximate surface area is 93.5 Å². The molecular weight excluding hydrogens is 215 g/mol. The Kier molecular flexibility index (Phi) is 3.97. The van der Waals surface area contributed by atoms with E-state index >= 15 is 0 Å². The summed E-state index contributed by atoms with van der Waals surface area (Å²) in [5.74, 6) is 0.0762. The zero-order chi connectivity index (χ0) is 12.3. The molecular formula is C12H16F3N. The second kappa shape index (κ2) is 4.87. The number of benzene rings is 1. The molecule has 4 heteroatoms. The number of alkyl halides is 3. The minimum atomic E-state index is -4.27. The van der Waals surface area contributed by atoms with Gasteiger partial charge in [0.1, 0.15) is 0 Å². The molecule has 0 aliphatic heterocycles. The molecule has 1 aromatic rings. The molecule has 1 nitrogen and oxygen atoms in total. The lowest BCUT2D eigenvalue weighted by molar-refractivity contribution is -0.137. The third-order valence-corrected chi connectivity index (χ3v) is 2.88. The summed E-state index contributed by atoms with van der Waals surface area (Å²) in [5.41, 5.74) is 6.08. The monoisotopic (exact) mass is 231 g/mol. The molecule has 0 fully saturated rings. The number of nitrogens with two attached hydrogens (primary N) is 1. The average molecular weight is 231 g/mol. The Morgan fingerprint density at radius 1 is 1.19 bits per heavy atom. The van der Waals surface area contributed by atoms with E-state index < -0.39 is 11.7 Å². The van der Waals surface area contributed by atoms with Crippen molar-refractivity contribution in [2.24, 2.45) is 5.73 Å². The van der Waals surface area contributed by atoms with Crippen LogP contribution in [0.3, 0.4) is 0 Å². The maximum Gasteiger partial charge on any atom is 0.416 e. The van der Waals surface area contributed by atoms with E-state index in [1.165, 1.54) is 12.1 Å². The van der Waals surface area contributed by atoms with E-state index in [1.807, 2.05) is 13.8 Å². The van der Waals surface area contributed by atoms with E-state index in [9.17, 15) is 13.2 Å². The van der Waals surface area contributed by atoms with Crippen molar-refractivity contribution >= 4 is 0 Å². The molecule has 0 aliphatic rings. The average Bonchev–Trinajstić information content (AvgIpc) is 2.26. The summed E-state index contributed by atoms with van der Waals surface area (Å²) in [4.78, 5) is 0. The van der Waals surface area contributed by atoms with Crippen LogP contribution < -0.4 is 5.73 Å². The van der Waals surface area contributed by atoms with Crippen molar-refractivity contribution in [2.75, 3.05) is 0 Å². The van der Waals surface area contributed by atoms with Crippen molar-refractivity contribution in [1.29, 1.82) is 0 Å². The predicted molar refractivity (Wildman–Crippen MR) is 58.1 cm³/mol. The first-order valence-corrected chi connectivity index (χ1v) is 5.29. The normalized spacial score (nSPS) is 15.9. The summed E-state index contributed by atoms with van der Waals surface area (Å²) in [6, 6.07) is 5.20. The maximum atomic E-state index is 12.3. The Morgan fingerprint density at radius 3 is 2.06 bits per heavy atom. The second-order valence-electron chi connectivity index (χ2n) is 3.98. The third kappa shape index (κ3) is 2.98. The van der Waals surface area contributed by atoms with Gasteiger partial charge in [-0.25, -0.2) is 0 Å². The smallest absolute Gasteiger partial charge is 0.327 e. The van der Waals surface area contributed by atoms with Crippen LogP contribution in [0.25, 0.3) is 0 Å². The molecule has 0 radical (unpaired) electrons. The highest BCUT2D eigenvalue weighted by atomic mass is 19.4. The summed E-state index contributed by atoms with van der Waals surface area (Å²) in [7, 11) is 0. The molecule has 1 rings (SSSR count). The van der Waals surface area contributed by atoms with Crippen molar-refractivity contribution in [1.82, 2.24) is 0 Å². The van der Waals surface area contributed by atoms with Gasteiger partial charge >= 0.3 is 6.18 Å². The molecule has 2 unspecified atom stereocenters. The lowest BCUT2D eigenvalue weighted by Crippen LogP contribution is -2.25. The highest BCUT2D eigenvalue weighted by molar-refractivity contribution is 5.27. The standard InChI is InChI=1S/C12H16F3N/c1-3-11(16)8(2)9-4-6-10(7-5-9)12(13,14)15/h4-8,11H,3,16H2,1-2H3. The molecule has 0 aromatic heterocycles. The van der Waals surface area contributed by atoms with Crippen molar-refractivity contribution in [3.05, 3.63) is 35.4 Å². The molecule has 0 saturated carbocycles. The van der Waals surface area contributed by atoms with Gasteiger partial charge in [0, 0.05) is 6.04 Å². The van der Waals surface area contributed by atoms with Crippen molar-refractivity contribution in [3.63, 3.8) is 0 Å². The van der Waals surface area contributed by atoms with Gasteiger partial charge in [0.25, 0.3) is 0 Å². The Morgan fingerprint density at radius 2 is 1.69 bits per heavy atom. The summed E-state index contributed by atoms with van der Waals surface area (Å²) in [6.07, 6.45) is -3.46. The van der Waals surface area contributed by atoms with Crippen LogP contribution in [-0.2, 0) is 6.18 Å². The topological polar surface area (TPSA) is 26.0 Å². The van der Waals surface area contributed by atoms with Crippen LogP contribution in [0.15, 0.2) is 24.3 Å². The fourth-order valence-corrected chi connectivity index (χ4v) is 1.58. The molecule has 0 saturated heterocycles. The molecule has 16 heavy (non-hydrogen) atoms. The molecule has 2 atom stereocenters. The van der Waals surface area contributed by atoms with Gasteiger partial charge in [-0.05, 0) is 30.0 Å². The lowest BCUT2D eigenvalue weighted by atomic mass is 9.92. The van der Waals surface area contributed by atoms with Gasteiger partial charge in [0.2, 0.25) is 0 Å². The predicted octanol–water partition coefficient (Wildman–Crippen LogP) is 3.55. The van der Waals surface area contributed by atoms with E-state index in [1.54, 1.807) is 0 Å². The Hall–Kier alpha value is -1.03. The zero-order valence-corrected chi connectivity index (χ0v) is 9.38. The van der Waals surface area contributed by atoms with Gasteiger partial charge in [-0.15, -0.1) is 0 Å². The van der Waals surface area contributed by atoms with E-state index in [2.05, 4.69) is 0 Å². The Balaban J connectivity index is 2.87. The van der Waals surface area contributed by atoms with Crippen molar-refractivity contribution < 1.29 is 13.2 Å². The van der Waals surface area contributed by atoms with Gasteiger partial charge < -0.3 is 5.73 Å². The zero-order valence-electron chi connectivity index (χ0n) is 9.38. The number of rotatable bonds is 3. The maximum absolute atomic E-state index is 12.3. The summed E-state index contributed by atoms with van der Waals surface area (Å²) in [5, 5.41) is 0. The van der Waals surface area contributed by atoms with Gasteiger partial charge in [-0.1, -0.05) is 26.0 Å². The van der Waals surface area contributed by atoms with E-state index in [0.29, 0.717) is 0 Å².